The molecule has 0 amide bonds. The molecule has 4 nitrogen and oxygen atoms in total. The summed E-state index contributed by atoms with van der Waals surface area (Å²) in [5.74, 6) is 0.701. The monoisotopic (exact) mass is 226 g/mol. The first-order valence-electron chi connectivity index (χ1n) is 4.70. The zero-order valence-electron chi connectivity index (χ0n) is 8.60. The van der Waals surface area contributed by atoms with Gasteiger partial charge in [0.1, 0.15) is 23.0 Å². The summed E-state index contributed by atoms with van der Waals surface area (Å²) in [7, 11) is 0. The number of pyridine rings is 1. The highest BCUT2D eigenvalue weighted by molar-refractivity contribution is 7.80. The van der Waals surface area contributed by atoms with Gasteiger partial charge in [-0.25, -0.2) is 0 Å². The van der Waals surface area contributed by atoms with Crippen LogP contribution in [0.4, 0.5) is 0 Å². The molecule has 1 rings (SSSR count). The van der Waals surface area contributed by atoms with Crippen LogP contribution in [0.2, 0.25) is 0 Å². The van der Waals surface area contributed by atoms with Crippen LogP contribution < -0.4 is 10.5 Å². The van der Waals surface area contributed by atoms with Gasteiger partial charge >= 0.3 is 0 Å². The Morgan fingerprint density at radius 2 is 2.33 bits per heavy atom. The zero-order chi connectivity index (χ0) is 11.1. The second-order valence-electron chi connectivity index (χ2n) is 2.79. The highest BCUT2D eigenvalue weighted by atomic mass is 32.1. The van der Waals surface area contributed by atoms with E-state index in [1.807, 2.05) is 6.92 Å². The van der Waals surface area contributed by atoms with Crippen molar-refractivity contribution in [1.29, 1.82) is 0 Å². The smallest absolute Gasteiger partial charge is 0.123 e. The lowest BCUT2D eigenvalue weighted by Gasteiger charge is -2.06. The lowest BCUT2D eigenvalue weighted by atomic mass is 10.3. The van der Waals surface area contributed by atoms with E-state index in [1.54, 1.807) is 18.3 Å². The maximum Gasteiger partial charge on any atom is 0.123 e. The molecule has 0 aliphatic heterocycles. The number of nitrogens with two attached hydrogens (primary N) is 1. The fourth-order valence-electron chi connectivity index (χ4n) is 0.998. The molecular weight excluding hydrogens is 212 g/mol. The largest absolute Gasteiger partial charge is 0.491 e. The van der Waals surface area contributed by atoms with E-state index in [-0.39, 0.29) is 4.99 Å². The molecule has 0 saturated carbocycles. The summed E-state index contributed by atoms with van der Waals surface area (Å²) in [6.45, 7) is 3.71. The van der Waals surface area contributed by atoms with Gasteiger partial charge in [0.15, 0.2) is 0 Å². The number of ether oxygens (including phenoxy) is 2. The molecule has 0 atom stereocenters. The van der Waals surface area contributed by atoms with Crippen molar-refractivity contribution in [2.45, 2.75) is 6.92 Å². The fraction of sp³-hybridized carbons (Fsp3) is 0.400. The summed E-state index contributed by atoms with van der Waals surface area (Å²) in [4.78, 5) is 4.27. The van der Waals surface area contributed by atoms with Gasteiger partial charge in [-0.3, -0.25) is 4.98 Å². The van der Waals surface area contributed by atoms with Gasteiger partial charge in [0, 0.05) is 18.9 Å². The Kier molecular flexibility index (Phi) is 5.00. The molecule has 0 fully saturated rings. The van der Waals surface area contributed by atoms with Gasteiger partial charge in [-0.05, 0) is 13.0 Å². The van der Waals surface area contributed by atoms with Gasteiger partial charge in [-0.15, -0.1) is 0 Å². The van der Waals surface area contributed by atoms with E-state index in [0.29, 0.717) is 31.3 Å². The van der Waals surface area contributed by atoms with Crippen molar-refractivity contribution in [3.05, 3.63) is 24.0 Å². The third-order valence-electron chi connectivity index (χ3n) is 1.68. The molecule has 1 aromatic rings. The number of aromatic nitrogens is 1. The van der Waals surface area contributed by atoms with Crippen LogP contribution in [0, 0.1) is 0 Å². The van der Waals surface area contributed by atoms with Gasteiger partial charge in [-0.1, -0.05) is 12.2 Å². The van der Waals surface area contributed by atoms with Crippen molar-refractivity contribution in [2.24, 2.45) is 5.73 Å². The van der Waals surface area contributed by atoms with Crippen LogP contribution in [0.15, 0.2) is 18.3 Å². The molecule has 0 aromatic carbocycles. The van der Waals surface area contributed by atoms with Crippen molar-refractivity contribution >= 4 is 17.2 Å². The van der Waals surface area contributed by atoms with E-state index in [2.05, 4.69) is 4.98 Å². The minimum Gasteiger partial charge on any atom is -0.491 e. The number of rotatable bonds is 6. The molecule has 0 aliphatic carbocycles. The number of hydrogen-bond donors (Lipinski definition) is 1. The third-order valence-corrected chi connectivity index (χ3v) is 1.89. The fourth-order valence-corrected chi connectivity index (χ4v) is 1.11. The lowest BCUT2D eigenvalue weighted by Crippen LogP contribution is -2.12. The molecule has 0 saturated heterocycles. The second kappa shape index (κ2) is 6.31. The van der Waals surface area contributed by atoms with Crippen LogP contribution in [0.25, 0.3) is 0 Å². The molecule has 82 valence electrons. The van der Waals surface area contributed by atoms with Gasteiger partial charge in [0.25, 0.3) is 0 Å². The van der Waals surface area contributed by atoms with Crippen LogP contribution >= 0.6 is 12.2 Å². The van der Waals surface area contributed by atoms with Crippen molar-refractivity contribution in [3.8, 4) is 5.75 Å². The maximum absolute atomic E-state index is 5.45. The number of hydrogen-bond acceptors (Lipinski definition) is 4. The summed E-state index contributed by atoms with van der Waals surface area (Å²) in [6.07, 6.45) is 1.62. The first kappa shape index (κ1) is 11.9. The molecule has 0 spiro atoms. The van der Waals surface area contributed by atoms with E-state index in [9.17, 15) is 0 Å². The molecule has 0 radical (unpaired) electrons. The van der Waals surface area contributed by atoms with Crippen molar-refractivity contribution in [3.63, 3.8) is 0 Å². The summed E-state index contributed by atoms with van der Waals surface area (Å²) in [6, 6.07) is 3.47. The molecule has 5 heteroatoms. The maximum atomic E-state index is 5.45. The molecule has 0 aliphatic rings. The van der Waals surface area contributed by atoms with Gasteiger partial charge < -0.3 is 15.2 Å². The Bertz CT molecular complexity index is 331. The van der Waals surface area contributed by atoms with Crippen molar-refractivity contribution < 1.29 is 9.47 Å². The molecule has 0 unspecified atom stereocenters. The Hall–Kier alpha value is -1.20. The van der Waals surface area contributed by atoms with Crippen LogP contribution in [0.1, 0.15) is 12.6 Å². The Morgan fingerprint density at radius 1 is 1.53 bits per heavy atom. The van der Waals surface area contributed by atoms with Crippen molar-refractivity contribution in [2.75, 3.05) is 19.8 Å². The highest BCUT2D eigenvalue weighted by Crippen LogP contribution is 2.10. The first-order valence-corrected chi connectivity index (χ1v) is 5.11. The number of nitrogens with zero attached hydrogens (tertiary/aromatic N) is 1. The average molecular weight is 226 g/mol. The Morgan fingerprint density at radius 3 is 3.00 bits per heavy atom. The van der Waals surface area contributed by atoms with Crippen LogP contribution in [-0.4, -0.2) is 29.8 Å². The van der Waals surface area contributed by atoms with E-state index in [4.69, 9.17) is 27.4 Å². The minimum atomic E-state index is 0.269. The third kappa shape index (κ3) is 4.22. The van der Waals surface area contributed by atoms with Gasteiger partial charge in [0.2, 0.25) is 0 Å². The van der Waals surface area contributed by atoms with Crippen LogP contribution in [0.3, 0.4) is 0 Å². The normalized spacial score (nSPS) is 9.93. The Balaban J connectivity index is 2.47. The summed E-state index contributed by atoms with van der Waals surface area (Å²) in [5, 5.41) is 0. The SMILES string of the molecule is CCOCCOc1ccnc(C(N)=S)c1. The quantitative estimate of drug-likeness (QED) is 0.582. The molecule has 2 N–H and O–H groups in total. The predicted molar refractivity (Wildman–Crippen MR) is 62.1 cm³/mol. The van der Waals surface area contributed by atoms with Crippen molar-refractivity contribution in [1.82, 2.24) is 4.98 Å². The summed E-state index contributed by atoms with van der Waals surface area (Å²) < 4.78 is 10.6. The summed E-state index contributed by atoms with van der Waals surface area (Å²) >= 11 is 4.81. The molecule has 1 heterocycles. The average Bonchev–Trinajstić information content (AvgIpc) is 2.25. The summed E-state index contributed by atoms with van der Waals surface area (Å²) in [5.41, 5.74) is 6.02. The number of thiocarbonyl (C=S) groups is 1. The van der Waals surface area contributed by atoms with Crippen LogP contribution in [-0.2, 0) is 4.74 Å². The highest BCUT2D eigenvalue weighted by Gasteiger charge is 2.00. The topological polar surface area (TPSA) is 57.4 Å². The predicted octanol–water partition coefficient (Wildman–Crippen LogP) is 1.13. The molecular formula is C10H14N2O2S. The Labute approximate surface area is 94.4 Å². The molecule has 15 heavy (non-hydrogen) atoms. The molecule has 1 aromatic heterocycles. The van der Waals surface area contributed by atoms with Crippen LogP contribution in [0.5, 0.6) is 5.75 Å². The standard InChI is InChI=1S/C10H14N2O2S/c1-2-13-5-6-14-8-3-4-12-9(7-8)10(11)15/h3-4,7H,2,5-6H2,1H3,(H2,11,15). The van der Waals surface area contributed by atoms with E-state index < -0.39 is 0 Å². The van der Waals surface area contributed by atoms with Gasteiger partial charge in [-0.2, -0.15) is 0 Å². The zero-order valence-corrected chi connectivity index (χ0v) is 9.42. The van der Waals surface area contributed by atoms with E-state index in [0.717, 1.165) is 0 Å². The minimum absolute atomic E-state index is 0.269. The molecule has 0 bridgehead atoms. The van der Waals surface area contributed by atoms with Gasteiger partial charge in [0.05, 0.1) is 6.61 Å². The van der Waals surface area contributed by atoms with E-state index >= 15 is 0 Å². The first-order chi connectivity index (χ1) is 7.24. The second-order valence-corrected chi connectivity index (χ2v) is 3.23. The van der Waals surface area contributed by atoms with E-state index in [1.165, 1.54) is 0 Å². The lowest BCUT2D eigenvalue weighted by molar-refractivity contribution is 0.110.